The van der Waals surface area contributed by atoms with Crippen LogP contribution in [0.15, 0.2) is 66.7 Å². The van der Waals surface area contributed by atoms with Crippen LogP contribution in [0, 0.1) is 35.5 Å². The summed E-state index contributed by atoms with van der Waals surface area (Å²) < 4.78 is 5.24. The molecular formula is C26H24N2O4. The van der Waals surface area contributed by atoms with Gasteiger partial charge in [0.25, 0.3) is 5.91 Å². The number of carbonyl (C=O) groups excluding carboxylic acids is 3. The van der Waals surface area contributed by atoms with E-state index in [1.807, 2.05) is 6.07 Å². The maximum Gasteiger partial charge on any atom is 0.259 e. The van der Waals surface area contributed by atoms with Crippen molar-refractivity contribution in [2.75, 3.05) is 18.7 Å². The highest BCUT2D eigenvalue weighted by Crippen LogP contribution is 2.65. The number of rotatable bonds is 5. The molecule has 7 rings (SSSR count). The number of allylic oxidation sites excluding steroid dienone is 2. The Balaban J connectivity index is 1.33. The Morgan fingerprint density at radius 3 is 2.09 bits per heavy atom. The summed E-state index contributed by atoms with van der Waals surface area (Å²) in [6.07, 6.45) is 5.44. The smallest absolute Gasteiger partial charge is 0.259 e. The lowest BCUT2D eigenvalue weighted by Gasteiger charge is -2.37. The summed E-state index contributed by atoms with van der Waals surface area (Å²) in [6, 6.07) is 16.0. The minimum absolute atomic E-state index is 0.0838. The van der Waals surface area contributed by atoms with Gasteiger partial charge in [0.1, 0.15) is 12.4 Å². The monoisotopic (exact) mass is 428 g/mol. The van der Waals surface area contributed by atoms with E-state index < -0.39 is 0 Å². The number of benzene rings is 2. The van der Waals surface area contributed by atoms with Crippen molar-refractivity contribution in [1.29, 1.82) is 0 Å². The third kappa shape index (κ3) is 2.75. The zero-order chi connectivity index (χ0) is 22.0. The molecule has 6 atom stereocenters. The minimum atomic E-state index is -0.272. The van der Waals surface area contributed by atoms with Gasteiger partial charge in [-0.25, -0.2) is 0 Å². The fourth-order valence-electron chi connectivity index (χ4n) is 6.06. The number of imide groups is 1. The van der Waals surface area contributed by atoms with E-state index in [-0.39, 0.29) is 48.1 Å². The molecule has 3 fully saturated rings. The van der Waals surface area contributed by atoms with E-state index in [1.54, 1.807) is 55.6 Å². The molecule has 2 bridgehead atoms. The molecule has 2 aromatic rings. The molecule has 162 valence electrons. The zero-order valence-electron chi connectivity index (χ0n) is 17.8. The van der Waals surface area contributed by atoms with Crippen molar-refractivity contribution >= 4 is 23.4 Å². The quantitative estimate of drug-likeness (QED) is 0.541. The average molecular weight is 428 g/mol. The van der Waals surface area contributed by atoms with E-state index in [2.05, 4.69) is 12.2 Å². The number of methoxy groups -OCH3 is 1. The van der Waals surface area contributed by atoms with Gasteiger partial charge in [-0.05, 0) is 66.5 Å². The highest BCUT2D eigenvalue weighted by molar-refractivity contribution is 6.09. The van der Waals surface area contributed by atoms with Gasteiger partial charge in [0, 0.05) is 11.3 Å². The number of hydrogen-bond donors (Lipinski definition) is 0. The highest BCUT2D eigenvalue weighted by Gasteiger charge is 2.67. The molecule has 5 aliphatic rings. The summed E-state index contributed by atoms with van der Waals surface area (Å²) in [5.41, 5.74) is 1.11. The average Bonchev–Trinajstić information content (AvgIpc) is 3.63. The Kier molecular flexibility index (Phi) is 4.25. The molecule has 1 heterocycles. The van der Waals surface area contributed by atoms with Gasteiger partial charge in [-0.3, -0.25) is 24.2 Å². The summed E-state index contributed by atoms with van der Waals surface area (Å²) in [6.45, 7) is -0.0838. The third-order valence-corrected chi connectivity index (χ3v) is 7.69. The predicted molar refractivity (Wildman–Crippen MR) is 118 cm³/mol. The van der Waals surface area contributed by atoms with Crippen molar-refractivity contribution in [2.24, 2.45) is 35.5 Å². The molecule has 1 saturated heterocycles. The minimum Gasteiger partial charge on any atom is -0.497 e. The summed E-state index contributed by atoms with van der Waals surface area (Å²) in [5.74, 6) is 1.02. The van der Waals surface area contributed by atoms with Crippen LogP contribution in [0.2, 0.25) is 0 Å². The molecule has 0 spiro atoms. The van der Waals surface area contributed by atoms with Gasteiger partial charge in [0.15, 0.2) is 0 Å². The van der Waals surface area contributed by atoms with E-state index in [1.165, 1.54) is 9.80 Å². The Labute approximate surface area is 186 Å². The van der Waals surface area contributed by atoms with Gasteiger partial charge < -0.3 is 4.74 Å². The van der Waals surface area contributed by atoms with Crippen LogP contribution in [0.25, 0.3) is 0 Å². The molecule has 0 aromatic heterocycles. The Bertz CT molecular complexity index is 1090. The normalized spacial score (nSPS) is 31.3. The van der Waals surface area contributed by atoms with Crippen LogP contribution in [0.3, 0.4) is 0 Å². The second kappa shape index (κ2) is 7.05. The second-order valence-corrected chi connectivity index (χ2v) is 9.20. The van der Waals surface area contributed by atoms with Gasteiger partial charge in [0.05, 0.1) is 18.9 Å². The first-order valence-electron chi connectivity index (χ1n) is 11.1. The van der Waals surface area contributed by atoms with Gasteiger partial charge in [0.2, 0.25) is 11.8 Å². The van der Waals surface area contributed by atoms with Crippen molar-refractivity contribution in [3.8, 4) is 5.75 Å². The van der Waals surface area contributed by atoms with Crippen LogP contribution in [0.5, 0.6) is 5.75 Å². The van der Waals surface area contributed by atoms with Crippen LogP contribution >= 0.6 is 0 Å². The maximum absolute atomic E-state index is 13.4. The molecule has 4 aliphatic carbocycles. The highest BCUT2D eigenvalue weighted by atomic mass is 16.5. The van der Waals surface area contributed by atoms with E-state index in [9.17, 15) is 14.4 Å². The zero-order valence-corrected chi connectivity index (χ0v) is 17.8. The topological polar surface area (TPSA) is 66.9 Å². The van der Waals surface area contributed by atoms with E-state index in [0.717, 1.165) is 6.42 Å². The second-order valence-electron chi connectivity index (χ2n) is 9.20. The number of ether oxygens (including phenoxy) is 1. The number of carbonyl (C=O) groups is 3. The lowest BCUT2D eigenvalue weighted by molar-refractivity contribution is -0.140. The molecule has 32 heavy (non-hydrogen) atoms. The number of amides is 3. The Morgan fingerprint density at radius 1 is 0.938 bits per heavy atom. The number of nitrogens with zero attached hydrogens (tertiary/aromatic N) is 2. The number of likely N-dealkylation sites (tertiary alicyclic amines) is 1. The van der Waals surface area contributed by atoms with Gasteiger partial charge in [-0.15, -0.1) is 0 Å². The molecule has 0 N–H and O–H groups in total. The molecule has 6 heteroatoms. The van der Waals surface area contributed by atoms with Crippen LogP contribution in [-0.2, 0) is 9.59 Å². The standard InChI is InChI=1S/C26H24N2O4/c1-32-17-9-7-16(8-10-17)27(24(29)15-5-3-2-4-6-15)14-28-25(30)22-18-11-12-19(21-13-20(18)21)23(22)26(28)31/h2-12,18-23H,13-14H2,1H3/t18-,19-,20-,21+,22+,23+/m1/s1. The first-order chi connectivity index (χ1) is 15.6. The van der Waals surface area contributed by atoms with Crippen molar-refractivity contribution in [1.82, 2.24) is 4.90 Å². The van der Waals surface area contributed by atoms with E-state index in [0.29, 0.717) is 28.8 Å². The Hall–Kier alpha value is -3.41. The maximum atomic E-state index is 13.4. The number of hydrogen-bond acceptors (Lipinski definition) is 4. The molecule has 1 aliphatic heterocycles. The van der Waals surface area contributed by atoms with Crippen molar-refractivity contribution in [3.05, 3.63) is 72.3 Å². The summed E-state index contributed by atoms with van der Waals surface area (Å²) >= 11 is 0. The van der Waals surface area contributed by atoms with Gasteiger partial charge in [-0.1, -0.05) is 30.4 Å². The fraction of sp³-hybridized carbons (Fsp3) is 0.346. The lowest BCUT2D eigenvalue weighted by atomic mass is 9.63. The van der Waals surface area contributed by atoms with Gasteiger partial charge >= 0.3 is 0 Å². The molecule has 6 nitrogen and oxygen atoms in total. The van der Waals surface area contributed by atoms with Crippen LogP contribution in [0.1, 0.15) is 16.8 Å². The Morgan fingerprint density at radius 2 is 1.53 bits per heavy atom. The fourth-order valence-corrected chi connectivity index (χ4v) is 6.06. The summed E-state index contributed by atoms with van der Waals surface area (Å²) in [4.78, 5) is 43.2. The first kappa shape index (κ1) is 19.3. The molecular weight excluding hydrogens is 404 g/mol. The summed E-state index contributed by atoms with van der Waals surface area (Å²) in [7, 11) is 1.58. The molecule has 0 radical (unpaired) electrons. The SMILES string of the molecule is COc1ccc(N(CN2C(=O)[C@H]3[C@@H]4C=C[C@H]([C@@H]5C[C@H]45)[C@@H]3C2=O)C(=O)c2ccccc2)cc1. The van der Waals surface area contributed by atoms with Crippen LogP contribution < -0.4 is 9.64 Å². The van der Waals surface area contributed by atoms with Crippen molar-refractivity contribution in [3.63, 3.8) is 0 Å². The van der Waals surface area contributed by atoms with Gasteiger partial charge in [-0.2, -0.15) is 0 Å². The molecule has 0 unspecified atom stereocenters. The van der Waals surface area contributed by atoms with Crippen LogP contribution in [-0.4, -0.2) is 36.4 Å². The largest absolute Gasteiger partial charge is 0.497 e. The molecule has 2 aromatic carbocycles. The van der Waals surface area contributed by atoms with Crippen LogP contribution in [0.4, 0.5) is 5.69 Å². The third-order valence-electron chi connectivity index (χ3n) is 7.69. The first-order valence-corrected chi connectivity index (χ1v) is 11.1. The lowest BCUT2D eigenvalue weighted by Crippen LogP contribution is -2.45. The van der Waals surface area contributed by atoms with Crippen molar-refractivity contribution in [2.45, 2.75) is 6.42 Å². The molecule has 2 saturated carbocycles. The molecule has 3 amide bonds. The van der Waals surface area contributed by atoms with E-state index in [4.69, 9.17) is 4.74 Å². The van der Waals surface area contributed by atoms with E-state index >= 15 is 0 Å². The predicted octanol–water partition coefficient (Wildman–Crippen LogP) is 3.35. The number of anilines is 1. The summed E-state index contributed by atoms with van der Waals surface area (Å²) in [5, 5.41) is 0. The van der Waals surface area contributed by atoms with Crippen molar-refractivity contribution < 1.29 is 19.1 Å².